The molecule has 0 aromatic heterocycles. The highest BCUT2D eigenvalue weighted by atomic mass is 32.2. The Morgan fingerprint density at radius 3 is 2.38 bits per heavy atom. The van der Waals surface area contributed by atoms with Crippen molar-refractivity contribution in [3.05, 3.63) is 0 Å². The molecule has 0 aliphatic carbocycles. The van der Waals surface area contributed by atoms with Gasteiger partial charge >= 0.3 is 0 Å². The summed E-state index contributed by atoms with van der Waals surface area (Å²) in [7, 11) is 1.92. The van der Waals surface area contributed by atoms with Gasteiger partial charge in [0.2, 0.25) is 17.6 Å². The summed E-state index contributed by atoms with van der Waals surface area (Å²) < 4.78 is 0.0149. The summed E-state index contributed by atoms with van der Waals surface area (Å²) in [4.78, 5) is 63.1. The first-order chi connectivity index (χ1) is 15.1. The van der Waals surface area contributed by atoms with Crippen LogP contribution in [0.3, 0.4) is 0 Å². The van der Waals surface area contributed by atoms with Crippen LogP contribution in [0.2, 0.25) is 0 Å². The predicted molar refractivity (Wildman–Crippen MR) is 126 cm³/mol. The standard InChI is InChI=1S/C21H34N4O5S2/c1-5-7-15(18(28)20(30)22-11-17(27)23-13(2)14(3)26)24-19(29)16-10-21(12-25(16)4)31-8-6-9-32-21/h13,15-16H,5-12H2,1-4H3,(H,22,30)(H,23,27)(H,24,29)/t13-,15?,16-/m0/s1. The van der Waals surface area contributed by atoms with E-state index >= 15 is 0 Å². The molecule has 0 aromatic carbocycles. The molecule has 2 rings (SSSR count). The number of hydrogen-bond acceptors (Lipinski definition) is 8. The van der Waals surface area contributed by atoms with Gasteiger partial charge in [0, 0.05) is 6.54 Å². The molecule has 1 unspecified atom stereocenters. The third kappa shape index (κ3) is 7.21. The Labute approximate surface area is 197 Å². The second-order valence-electron chi connectivity index (χ2n) is 8.39. The molecule has 3 amide bonds. The van der Waals surface area contributed by atoms with Crippen LogP contribution in [0.15, 0.2) is 0 Å². The Bertz CT molecular complexity index is 742. The van der Waals surface area contributed by atoms with Gasteiger partial charge in [-0.15, -0.1) is 23.5 Å². The summed E-state index contributed by atoms with van der Waals surface area (Å²) in [6, 6.07) is -1.96. The van der Waals surface area contributed by atoms with E-state index in [1.807, 2.05) is 42.4 Å². The highest BCUT2D eigenvalue weighted by Crippen LogP contribution is 2.49. The number of nitrogens with one attached hydrogen (secondary N) is 3. The average Bonchev–Trinajstić information content (AvgIpc) is 3.06. The van der Waals surface area contributed by atoms with E-state index in [-0.39, 0.29) is 21.8 Å². The van der Waals surface area contributed by atoms with Crippen molar-refractivity contribution in [1.82, 2.24) is 20.9 Å². The lowest BCUT2D eigenvalue weighted by atomic mass is 10.1. The van der Waals surface area contributed by atoms with Crippen molar-refractivity contribution >= 4 is 52.8 Å². The van der Waals surface area contributed by atoms with Crippen LogP contribution >= 0.6 is 23.5 Å². The highest BCUT2D eigenvalue weighted by molar-refractivity contribution is 8.18. The van der Waals surface area contributed by atoms with Crippen LogP contribution in [0.25, 0.3) is 0 Å². The average molecular weight is 487 g/mol. The second kappa shape index (κ2) is 12.0. The van der Waals surface area contributed by atoms with E-state index in [4.69, 9.17) is 0 Å². The molecule has 2 heterocycles. The SMILES string of the molecule is CCCC(NC(=O)[C@@H]1CC2(CN1C)SCCCS2)C(=O)C(=O)NCC(=O)N[C@@H](C)C(C)=O. The van der Waals surface area contributed by atoms with Crippen LogP contribution in [0.4, 0.5) is 0 Å². The third-order valence-corrected chi connectivity index (χ3v) is 9.02. The molecule has 2 aliphatic heterocycles. The number of likely N-dealkylation sites (N-methyl/N-ethyl adjacent to an activating group) is 1. The van der Waals surface area contributed by atoms with Gasteiger partial charge < -0.3 is 16.0 Å². The molecule has 2 fully saturated rings. The molecular weight excluding hydrogens is 452 g/mol. The van der Waals surface area contributed by atoms with E-state index < -0.39 is 36.2 Å². The number of ketones is 2. The quantitative estimate of drug-likeness (QED) is 0.377. The molecular formula is C21H34N4O5S2. The van der Waals surface area contributed by atoms with Gasteiger partial charge in [-0.25, -0.2) is 0 Å². The Hall–Kier alpha value is -1.59. The number of nitrogens with zero attached hydrogens (tertiary/aromatic N) is 1. The first-order valence-corrected chi connectivity index (χ1v) is 13.0. The molecule has 11 heteroatoms. The predicted octanol–water partition coefficient (Wildman–Crippen LogP) is 0.321. The Morgan fingerprint density at radius 1 is 1.12 bits per heavy atom. The maximum Gasteiger partial charge on any atom is 0.290 e. The molecule has 0 saturated carbocycles. The van der Waals surface area contributed by atoms with Gasteiger partial charge in [0.05, 0.1) is 28.7 Å². The fourth-order valence-corrected chi connectivity index (χ4v) is 7.23. The topological polar surface area (TPSA) is 125 Å². The van der Waals surface area contributed by atoms with E-state index in [1.165, 1.54) is 20.3 Å². The summed E-state index contributed by atoms with van der Waals surface area (Å²) in [5, 5.41) is 7.49. The zero-order chi connectivity index (χ0) is 23.9. The molecule has 0 radical (unpaired) electrons. The van der Waals surface area contributed by atoms with Crippen molar-refractivity contribution < 1.29 is 24.0 Å². The van der Waals surface area contributed by atoms with Crippen LogP contribution < -0.4 is 16.0 Å². The summed E-state index contributed by atoms with van der Waals surface area (Å²) in [5.41, 5.74) is 0. The summed E-state index contributed by atoms with van der Waals surface area (Å²) in [5.74, 6) is -0.548. The van der Waals surface area contributed by atoms with Gasteiger partial charge in [-0.1, -0.05) is 13.3 Å². The molecule has 2 aliphatic rings. The minimum absolute atomic E-state index is 0.0149. The molecule has 180 valence electrons. The number of hydrogen-bond donors (Lipinski definition) is 3. The Kier molecular flexibility index (Phi) is 10.0. The second-order valence-corrected chi connectivity index (χ2v) is 11.6. The number of carbonyl (C=O) groups is 5. The maximum absolute atomic E-state index is 13.0. The van der Waals surface area contributed by atoms with E-state index in [2.05, 4.69) is 16.0 Å². The van der Waals surface area contributed by atoms with Crippen LogP contribution in [-0.2, 0) is 24.0 Å². The van der Waals surface area contributed by atoms with Crippen LogP contribution in [-0.4, -0.2) is 88.0 Å². The number of thioether (sulfide) groups is 2. The minimum Gasteiger partial charge on any atom is -0.345 e. The molecule has 1 spiro atoms. The van der Waals surface area contributed by atoms with Crippen LogP contribution in [0.5, 0.6) is 0 Å². The number of amides is 3. The van der Waals surface area contributed by atoms with Gasteiger partial charge in [0.25, 0.3) is 5.91 Å². The van der Waals surface area contributed by atoms with Crippen molar-refractivity contribution in [2.24, 2.45) is 0 Å². The fraction of sp³-hybridized carbons (Fsp3) is 0.762. The first kappa shape index (κ1) is 26.7. The lowest BCUT2D eigenvalue weighted by Gasteiger charge is -2.31. The van der Waals surface area contributed by atoms with Crippen molar-refractivity contribution in [3.63, 3.8) is 0 Å². The van der Waals surface area contributed by atoms with Crippen molar-refractivity contribution in [3.8, 4) is 0 Å². The van der Waals surface area contributed by atoms with E-state index in [1.54, 1.807) is 0 Å². The number of carbonyl (C=O) groups excluding carboxylic acids is 5. The lowest BCUT2D eigenvalue weighted by molar-refractivity contribution is -0.141. The maximum atomic E-state index is 13.0. The fourth-order valence-electron chi connectivity index (χ4n) is 3.75. The summed E-state index contributed by atoms with van der Waals surface area (Å²) in [6.45, 7) is 5.14. The van der Waals surface area contributed by atoms with Gasteiger partial charge in [-0.05, 0) is 51.7 Å². The van der Waals surface area contributed by atoms with Crippen LogP contribution in [0, 0.1) is 0 Å². The third-order valence-electron chi connectivity index (χ3n) is 5.68. The first-order valence-electron chi connectivity index (χ1n) is 11.0. The smallest absolute Gasteiger partial charge is 0.290 e. The number of likely N-dealkylation sites (tertiary alicyclic amines) is 1. The van der Waals surface area contributed by atoms with Crippen molar-refractivity contribution in [2.75, 3.05) is 31.6 Å². The van der Waals surface area contributed by atoms with Gasteiger partial charge in [0.1, 0.15) is 0 Å². The molecule has 32 heavy (non-hydrogen) atoms. The Balaban J connectivity index is 1.91. The monoisotopic (exact) mass is 486 g/mol. The van der Waals surface area contributed by atoms with E-state index in [0.717, 1.165) is 18.1 Å². The Morgan fingerprint density at radius 2 is 1.78 bits per heavy atom. The van der Waals surface area contributed by atoms with E-state index in [9.17, 15) is 24.0 Å². The normalized spacial score (nSPS) is 22.1. The molecule has 3 N–H and O–H groups in total. The molecule has 9 nitrogen and oxygen atoms in total. The molecule has 2 saturated heterocycles. The van der Waals surface area contributed by atoms with Gasteiger partial charge in [-0.2, -0.15) is 0 Å². The number of rotatable bonds is 10. The van der Waals surface area contributed by atoms with Crippen molar-refractivity contribution in [1.29, 1.82) is 0 Å². The summed E-state index contributed by atoms with van der Waals surface area (Å²) in [6.07, 6.45) is 2.82. The highest BCUT2D eigenvalue weighted by Gasteiger charge is 2.47. The van der Waals surface area contributed by atoms with Crippen molar-refractivity contribution in [2.45, 2.75) is 68.7 Å². The van der Waals surface area contributed by atoms with Gasteiger partial charge in [-0.3, -0.25) is 28.9 Å². The molecule has 0 aromatic rings. The minimum atomic E-state index is -0.941. The lowest BCUT2D eigenvalue weighted by Crippen LogP contribution is -2.53. The van der Waals surface area contributed by atoms with E-state index in [0.29, 0.717) is 19.3 Å². The largest absolute Gasteiger partial charge is 0.345 e. The van der Waals surface area contributed by atoms with Crippen LogP contribution in [0.1, 0.15) is 46.5 Å². The molecule has 0 bridgehead atoms. The van der Waals surface area contributed by atoms with Gasteiger partial charge in [0.15, 0.2) is 5.78 Å². The number of Topliss-reactive ketones (excluding diaryl/α,β-unsaturated/α-hetero) is 2. The summed E-state index contributed by atoms with van der Waals surface area (Å²) >= 11 is 3.81. The zero-order valence-corrected chi connectivity index (χ0v) is 20.8. The zero-order valence-electron chi connectivity index (χ0n) is 19.2. The molecule has 3 atom stereocenters.